The van der Waals surface area contributed by atoms with Crippen LogP contribution in [-0.2, 0) is 6.42 Å². The highest BCUT2D eigenvalue weighted by molar-refractivity contribution is 6.10. The van der Waals surface area contributed by atoms with Gasteiger partial charge in [-0.2, -0.15) is 0 Å². The van der Waals surface area contributed by atoms with Crippen LogP contribution in [0.1, 0.15) is 21.5 Å². The first-order valence-electron chi connectivity index (χ1n) is 6.96. The largest absolute Gasteiger partial charge is 0.330 e. The van der Waals surface area contributed by atoms with E-state index >= 15 is 0 Å². The molecule has 0 aliphatic heterocycles. The van der Waals surface area contributed by atoms with Crippen molar-refractivity contribution in [2.75, 3.05) is 6.54 Å². The molecule has 2 aromatic carbocycles. The second kappa shape index (κ2) is 5.85. The number of aromatic nitrogens is 1. The van der Waals surface area contributed by atoms with E-state index in [9.17, 15) is 4.79 Å². The summed E-state index contributed by atoms with van der Waals surface area (Å²) in [4.78, 5) is 16.8. The Morgan fingerprint density at radius 3 is 2.52 bits per heavy atom. The van der Waals surface area contributed by atoms with E-state index in [4.69, 9.17) is 5.73 Å². The summed E-state index contributed by atoms with van der Waals surface area (Å²) in [6.45, 7) is 0.613. The van der Waals surface area contributed by atoms with Crippen molar-refractivity contribution in [1.29, 1.82) is 0 Å². The average molecular weight is 276 g/mol. The molecule has 0 amide bonds. The molecule has 0 saturated heterocycles. The fourth-order valence-electron chi connectivity index (χ4n) is 2.35. The normalized spacial score (nSPS) is 10.7. The molecular weight excluding hydrogens is 260 g/mol. The topological polar surface area (TPSA) is 56.0 Å². The Bertz CT molecular complexity index is 779. The Balaban J connectivity index is 1.92. The standard InChI is InChI=1S/C18H16N2O/c19-10-9-13-5-7-14(8-6-13)18(21)16-11-15-3-1-2-4-17(15)20-12-16/h1-8,11-12H,9-10,19H2. The van der Waals surface area contributed by atoms with Gasteiger partial charge < -0.3 is 5.73 Å². The molecule has 104 valence electrons. The summed E-state index contributed by atoms with van der Waals surface area (Å²) in [5, 5.41) is 0.975. The van der Waals surface area contributed by atoms with Crippen LogP contribution < -0.4 is 5.73 Å². The van der Waals surface area contributed by atoms with E-state index in [1.807, 2.05) is 54.6 Å². The van der Waals surface area contributed by atoms with E-state index in [1.54, 1.807) is 6.20 Å². The first kappa shape index (κ1) is 13.5. The van der Waals surface area contributed by atoms with Gasteiger partial charge in [0.2, 0.25) is 0 Å². The molecule has 21 heavy (non-hydrogen) atoms. The monoisotopic (exact) mass is 276 g/mol. The first-order valence-corrected chi connectivity index (χ1v) is 6.96. The lowest BCUT2D eigenvalue weighted by atomic mass is 10.0. The number of ketones is 1. The lowest BCUT2D eigenvalue weighted by Crippen LogP contribution is -2.04. The number of rotatable bonds is 4. The van der Waals surface area contributed by atoms with Gasteiger partial charge in [0.25, 0.3) is 0 Å². The van der Waals surface area contributed by atoms with Gasteiger partial charge in [-0.05, 0) is 30.7 Å². The van der Waals surface area contributed by atoms with Gasteiger partial charge in [0.05, 0.1) is 5.52 Å². The molecule has 0 atom stereocenters. The van der Waals surface area contributed by atoms with Crippen molar-refractivity contribution in [1.82, 2.24) is 4.98 Å². The molecule has 0 bridgehead atoms. The Labute approximate surface area is 123 Å². The average Bonchev–Trinajstić information content (AvgIpc) is 2.55. The molecule has 1 heterocycles. The molecule has 0 unspecified atom stereocenters. The molecule has 0 aliphatic carbocycles. The maximum absolute atomic E-state index is 12.5. The highest BCUT2D eigenvalue weighted by Crippen LogP contribution is 2.16. The van der Waals surface area contributed by atoms with Crippen molar-refractivity contribution in [3.8, 4) is 0 Å². The van der Waals surface area contributed by atoms with Crippen LogP contribution in [-0.4, -0.2) is 17.3 Å². The van der Waals surface area contributed by atoms with Crippen LogP contribution in [0, 0.1) is 0 Å². The van der Waals surface area contributed by atoms with E-state index in [1.165, 1.54) is 0 Å². The summed E-state index contributed by atoms with van der Waals surface area (Å²) in [5.74, 6) is -0.00690. The summed E-state index contributed by atoms with van der Waals surface area (Å²) in [7, 11) is 0. The smallest absolute Gasteiger partial charge is 0.194 e. The molecule has 0 aliphatic rings. The second-order valence-corrected chi connectivity index (χ2v) is 4.98. The number of pyridine rings is 1. The zero-order chi connectivity index (χ0) is 14.7. The van der Waals surface area contributed by atoms with E-state index in [-0.39, 0.29) is 5.78 Å². The third-order valence-electron chi connectivity index (χ3n) is 3.50. The number of benzene rings is 2. The van der Waals surface area contributed by atoms with Gasteiger partial charge in [0.1, 0.15) is 0 Å². The number of para-hydroxylation sites is 1. The molecule has 0 radical (unpaired) electrons. The van der Waals surface area contributed by atoms with Crippen LogP contribution in [0.2, 0.25) is 0 Å². The maximum atomic E-state index is 12.5. The van der Waals surface area contributed by atoms with Gasteiger partial charge >= 0.3 is 0 Å². The number of hydrogen-bond acceptors (Lipinski definition) is 3. The zero-order valence-corrected chi connectivity index (χ0v) is 11.6. The molecule has 3 nitrogen and oxygen atoms in total. The SMILES string of the molecule is NCCc1ccc(C(=O)c2cnc3ccccc3c2)cc1. The molecule has 0 saturated carbocycles. The number of carbonyl (C=O) groups excluding carboxylic acids is 1. The summed E-state index contributed by atoms with van der Waals surface area (Å²) < 4.78 is 0. The number of hydrogen-bond donors (Lipinski definition) is 1. The Hall–Kier alpha value is -2.52. The lowest BCUT2D eigenvalue weighted by molar-refractivity contribution is 0.103. The minimum absolute atomic E-state index is 0.00690. The first-order chi connectivity index (χ1) is 10.3. The Morgan fingerprint density at radius 1 is 1.00 bits per heavy atom. The zero-order valence-electron chi connectivity index (χ0n) is 11.6. The highest BCUT2D eigenvalue weighted by Gasteiger charge is 2.10. The van der Waals surface area contributed by atoms with Gasteiger partial charge in [0.15, 0.2) is 5.78 Å². The van der Waals surface area contributed by atoms with Gasteiger partial charge in [0, 0.05) is 22.7 Å². The van der Waals surface area contributed by atoms with E-state index in [0.717, 1.165) is 22.9 Å². The fourth-order valence-corrected chi connectivity index (χ4v) is 2.35. The van der Waals surface area contributed by atoms with Crippen LogP contribution in [0.5, 0.6) is 0 Å². The quantitative estimate of drug-likeness (QED) is 0.745. The molecule has 0 fully saturated rings. The van der Waals surface area contributed by atoms with Crippen molar-refractivity contribution in [2.45, 2.75) is 6.42 Å². The predicted molar refractivity (Wildman–Crippen MR) is 84.4 cm³/mol. The maximum Gasteiger partial charge on any atom is 0.194 e. The van der Waals surface area contributed by atoms with Crippen LogP contribution in [0.4, 0.5) is 0 Å². The molecular formula is C18H16N2O. The van der Waals surface area contributed by atoms with E-state index < -0.39 is 0 Å². The minimum Gasteiger partial charge on any atom is -0.330 e. The van der Waals surface area contributed by atoms with Crippen LogP contribution in [0.25, 0.3) is 10.9 Å². The number of nitrogens with two attached hydrogens (primary N) is 1. The van der Waals surface area contributed by atoms with Crippen molar-refractivity contribution < 1.29 is 4.79 Å². The Morgan fingerprint density at radius 2 is 1.76 bits per heavy atom. The number of fused-ring (bicyclic) bond motifs is 1. The number of carbonyl (C=O) groups is 1. The fraction of sp³-hybridized carbons (Fsp3) is 0.111. The van der Waals surface area contributed by atoms with Crippen LogP contribution >= 0.6 is 0 Å². The molecule has 3 aromatic rings. The van der Waals surface area contributed by atoms with E-state index in [2.05, 4.69) is 4.98 Å². The van der Waals surface area contributed by atoms with Gasteiger partial charge in [-0.3, -0.25) is 9.78 Å². The molecule has 1 aromatic heterocycles. The summed E-state index contributed by atoms with van der Waals surface area (Å²) in [6, 6.07) is 17.3. The molecule has 3 rings (SSSR count). The third kappa shape index (κ3) is 2.83. The van der Waals surface area contributed by atoms with Gasteiger partial charge in [-0.1, -0.05) is 42.5 Å². The second-order valence-electron chi connectivity index (χ2n) is 4.98. The lowest BCUT2D eigenvalue weighted by Gasteiger charge is -2.04. The van der Waals surface area contributed by atoms with Crippen molar-refractivity contribution in [3.05, 3.63) is 77.5 Å². The predicted octanol–water partition coefficient (Wildman–Crippen LogP) is 2.97. The van der Waals surface area contributed by atoms with Gasteiger partial charge in [-0.25, -0.2) is 0 Å². The summed E-state index contributed by atoms with van der Waals surface area (Å²) in [6.07, 6.45) is 2.46. The molecule has 0 spiro atoms. The molecule has 3 heteroatoms. The molecule has 2 N–H and O–H groups in total. The van der Waals surface area contributed by atoms with E-state index in [0.29, 0.717) is 17.7 Å². The highest BCUT2D eigenvalue weighted by atomic mass is 16.1. The summed E-state index contributed by atoms with van der Waals surface area (Å²) in [5.41, 5.74) is 8.85. The van der Waals surface area contributed by atoms with Crippen LogP contribution in [0.3, 0.4) is 0 Å². The van der Waals surface area contributed by atoms with Crippen LogP contribution in [0.15, 0.2) is 60.8 Å². The number of nitrogens with zero attached hydrogens (tertiary/aromatic N) is 1. The van der Waals surface area contributed by atoms with Gasteiger partial charge in [-0.15, -0.1) is 0 Å². The minimum atomic E-state index is -0.00690. The van der Waals surface area contributed by atoms with Crippen molar-refractivity contribution >= 4 is 16.7 Å². The summed E-state index contributed by atoms with van der Waals surface area (Å²) >= 11 is 0. The Kier molecular flexibility index (Phi) is 3.75. The van der Waals surface area contributed by atoms with Crippen molar-refractivity contribution in [2.24, 2.45) is 5.73 Å². The van der Waals surface area contributed by atoms with Crippen molar-refractivity contribution in [3.63, 3.8) is 0 Å². The third-order valence-corrected chi connectivity index (χ3v) is 3.50.